The van der Waals surface area contributed by atoms with Crippen molar-refractivity contribution >= 4 is 23.7 Å². The molecule has 2 rings (SSSR count). The molecule has 7 heteroatoms. The maximum Gasteiger partial charge on any atom is 0.503 e. The molecule has 0 aliphatic heterocycles. The molecule has 1 fully saturated rings. The summed E-state index contributed by atoms with van der Waals surface area (Å²) in [5.41, 5.74) is 0.762. The number of benzene rings is 1. The average molecular weight is 358 g/mol. The van der Waals surface area contributed by atoms with Gasteiger partial charge in [-0.25, -0.2) is 4.79 Å². The van der Waals surface area contributed by atoms with E-state index in [1.165, 1.54) is 19.3 Å². The van der Waals surface area contributed by atoms with Gasteiger partial charge in [0.2, 0.25) is 5.91 Å². The van der Waals surface area contributed by atoms with Crippen LogP contribution in [0.15, 0.2) is 18.2 Å². The van der Waals surface area contributed by atoms with Crippen molar-refractivity contribution in [3.05, 3.63) is 28.8 Å². The molecule has 0 saturated heterocycles. The predicted octanol–water partition coefficient (Wildman–Crippen LogP) is 3.81. The van der Waals surface area contributed by atoms with Crippen LogP contribution >= 0.6 is 11.6 Å². The molecule has 1 aromatic carbocycles. The number of carboxylic acid groups (broad SMARTS) is 2. The molecule has 0 spiro atoms. The lowest BCUT2D eigenvalue weighted by atomic mass is 9.86. The summed E-state index contributed by atoms with van der Waals surface area (Å²) >= 11 is 6.16. The van der Waals surface area contributed by atoms with Crippen LogP contribution in [-0.2, 0) is 11.2 Å². The first kappa shape index (κ1) is 20.1. The molecule has 1 aromatic rings. The molecule has 0 bridgehead atoms. The number of carbonyl (C=O) groups is 2. The largest absolute Gasteiger partial charge is 0.503 e. The van der Waals surface area contributed by atoms with E-state index < -0.39 is 6.16 Å². The fraction of sp³-hybridized carbons (Fsp3) is 0.529. The Labute approximate surface area is 146 Å². The van der Waals surface area contributed by atoms with E-state index in [0.717, 1.165) is 12.0 Å². The number of amides is 1. The lowest BCUT2D eigenvalue weighted by molar-refractivity contribution is -0.121. The predicted molar refractivity (Wildman–Crippen MR) is 91.9 cm³/mol. The van der Waals surface area contributed by atoms with Crippen LogP contribution in [0.1, 0.15) is 38.2 Å². The van der Waals surface area contributed by atoms with Crippen LogP contribution in [0.4, 0.5) is 4.79 Å². The normalized spacial score (nSPS) is 19.6. The molecule has 2 unspecified atom stereocenters. The summed E-state index contributed by atoms with van der Waals surface area (Å²) in [6.45, 7) is 2.21. The van der Waals surface area contributed by atoms with E-state index in [1.807, 2.05) is 12.1 Å². The number of hydrogen-bond donors (Lipinski definition) is 3. The van der Waals surface area contributed by atoms with Gasteiger partial charge in [-0.3, -0.25) is 4.79 Å². The van der Waals surface area contributed by atoms with Gasteiger partial charge in [0.05, 0.1) is 13.5 Å². The van der Waals surface area contributed by atoms with E-state index in [4.69, 9.17) is 31.3 Å². The van der Waals surface area contributed by atoms with Gasteiger partial charge in [-0.2, -0.15) is 0 Å². The van der Waals surface area contributed by atoms with Crippen LogP contribution < -0.4 is 10.1 Å². The van der Waals surface area contributed by atoms with E-state index in [0.29, 0.717) is 22.7 Å². The van der Waals surface area contributed by atoms with Crippen molar-refractivity contribution in [2.75, 3.05) is 7.11 Å². The Morgan fingerprint density at radius 1 is 1.29 bits per heavy atom. The third-order valence-electron chi connectivity index (χ3n) is 4.09. The van der Waals surface area contributed by atoms with Gasteiger partial charge in [0.25, 0.3) is 0 Å². The van der Waals surface area contributed by atoms with Gasteiger partial charge < -0.3 is 20.3 Å². The van der Waals surface area contributed by atoms with E-state index >= 15 is 0 Å². The fourth-order valence-corrected chi connectivity index (χ4v) is 3.08. The first-order valence-corrected chi connectivity index (χ1v) is 8.25. The van der Waals surface area contributed by atoms with Crippen molar-refractivity contribution in [3.8, 4) is 5.75 Å². The summed E-state index contributed by atoms with van der Waals surface area (Å²) < 4.78 is 5.27. The Morgan fingerprint density at radius 3 is 2.50 bits per heavy atom. The van der Waals surface area contributed by atoms with Crippen LogP contribution in [0.5, 0.6) is 5.75 Å². The number of ether oxygens (including phenoxy) is 1. The standard InChI is InChI=1S/C16H22ClNO2.CH2O3/c1-11-6-3-4-8-14(11)18-16(19)10-12-13(17)7-5-9-15(12)20-2;2-1(3)4/h5,7,9,11,14H,3-4,6,8,10H2,1-2H3,(H,18,19);(H2,2,3,4). The number of carbonyl (C=O) groups excluding carboxylic acids is 1. The number of methoxy groups -OCH3 is 1. The number of nitrogens with one attached hydrogen (secondary N) is 1. The highest BCUT2D eigenvalue weighted by Crippen LogP contribution is 2.27. The van der Waals surface area contributed by atoms with Crippen molar-refractivity contribution in [2.24, 2.45) is 5.92 Å². The molecule has 24 heavy (non-hydrogen) atoms. The van der Waals surface area contributed by atoms with Gasteiger partial charge in [-0.1, -0.05) is 37.4 Å². The summed E-state index contributed by atoms with van der Waals surface area (Å²) in [5, 5.41) is 17.7. The molecule has 0 heterocycles. The van der Waals surface area contributed by atoms with Crippen LogP contribution in [0, 0.1) is 5.92 Å². The van der Waals surface area contributed by atoms with Gasteiger partial charge >= 0.3 is 6.16 Å². The smallest absolute Gasteiger partial charge is 0.496 e. The first-order valence-electron chi connectivity index (χ1n) is 7.87. The molecule has 0 radical (unpaired) electrons. The zero-order valence-corrected chi connectivity index (χ0v) is 14.7. The van der Waals surface area contributed by atoms with Crippen molar-refractivity contribution in [1.29, 1.82) is 0 Å². The van der Waals surface area contributed by atoms with Crippen LogP contribution in [0.2, 0.25) is 5.02 Å². The van der Waals surface area contributed by atoms with Crippen LogP contribution in [-0.4, -0.2) is 35.4 Å². The lowest BCUT2D eigenvalue weighted by Gasteiger charge is -2.29. The van der Waals surface area contributed by atoms with E-state index in [9.17, 15) is 4.79 Å². The maximum absolute atomic E-state index is 12.2. The lowest BCUT2D eigenvalue weighted by Crippen LogP contribution is -2.41. The fourth-order valence-electron chi connectivity index (χ4n) is 2.85. The van der Waals surface area contributed by atoms with Gasteiger partial charge in [-0.05, 0) is 30.9 Å². The minimum atomic E-state index is -1.83. The van der Waals surface area contributed by atoms with E-state index in [-0.39, 0.29) is 12.3 Å². The monoisotopic (exact) mass is 357 g/mol. The van der Waals surface area contributed by atoms with Crippen molar-refractivity contribution in [2.45, 2.75) is 45.1 Å². The Bertz CT molecular complexity index is 560. The Kier molecular flexibility index (Phi) is 8.40. The molecule has 2 atom stereocenters. The SMILES string of the molecule is COc1cccc(Cl)c1CC(=O)NC1CCCCC1C.O=C(O)O. The summed E-state index contributed by atoms with van der Waals surface area (Å²) in [7, 11) is 1.59. The van der Waals surface area contributed by atoms with Gasteiger partial charge in [0, 0.05) is 16.6 Å². The second kappa shape index (κ2) is 10.0. The number of halogens is 1. The molecule has 6 nitrogen and oxygen atoms in total. The third kappa shape index (κ3) is 6.66. The van der Waals surface area contributed by atoms with E-state index in [1.54, 1.807) is 13.2 Å². The summed E-state index contributed by atoms with van der Waals surface area (Å²) in [5.74, 6) is 1.25. The highest BCUT2D eigenvalue weighted by molar-refractivity contribution is 6.31. The first-order chi connectivity index (χ1) is 11.3. The van der Waals surface area contributed by atoms with Gasteiger partial charge in [0.1, 0.15) is 5.75 Å². The summed E-state index contributed by atoms with van der Waals surface area (Å²) in [6, 6.07) is 5.74. The molecule has 0 aromatic heterocycles. The van der Waals surface area contributed by atoms with Crippen molar-refractivity contribution in [1.82, 2.24) is 5.32 Å². The number of rotatable bonds is 4. The Balaban J connectivity index is 0.000000648. The highest BCUT2D eigenvalue weighted by atomic mass is 35.5. The van der Waals surface area contributed by atoms with Crippen molar-refractivity contribution in [3.63, 3.8) is 0 Å². The van der Waals surface area contributed by atoms with Crippen LogP contribution in [0.3, 0.4) is 0 Å². The molecule has 1 saturated carbocycles. The highest BCUT2D eigenvalue weighted by Gasteiger charge is 2.23. The van der Waals surface area contributed by atoms with Gasteiger partial charge in [-0.15, -0.1) is 0 Å². The molecular formula is C17H24ClNO5. The summed E-state index contributed by atoms with van der Waals surface area (Å²) in [4.78, 5) is 20.8. The Morgan fingerprint density at radius 2 is 1.92 bits per heavy atom. The minimum absolute atomic E-state index is 0.0233. The maximum atomic E-state index is 12.2. The second-order valence-corrected chi connectivity index (χ2v) is 6.22. The zero-order valence-electron chi connectivity index (χ0n) is 13.9. The quantitative estimate of drug-likeness (QED) is 0.761. The van der Waals surface area contributed by atoms with E-state index in [2.05, 4.69) is 12.2 Å². The molecule has 134 valence electrons. The zero-order chi connectivity index (χ0) is 18.1. The average Bonchev–Trinajstić information content (AvgIpc) is 2.51. The second-order valence-electron chi connectivity index (χ2n) is 5.82. The third-order valence-corrected chi connectivity index (χ3v) is 4.45. The molecule has 1 aliphatic carbocycles. The molecular weight excluding hydrogens is 334 g/mol. The van der Waals surface area contributed by atoms with Crippen LogP contribution in [0.25, 0.3) is 0 Å². The van der Waals surface area contributed by atoms with Crippen molar-refractivity contribution < 1.29 is 24.5 Å². The van der Waals surface area contributed by atoms with Gasteiger partial charge in [0.15, 0.2) is 0 Å². The Hall–Kier alpha value is -1.95. The molecule has 3 N–H and O–H groups in total. The minimum Gasteiger partial charge on any atom is -0.496 e. The summed E-state index contributed by atoms with van der Waals surface area (Å²) in [6.07, 6.45) is 3.18. The topological polar surface area (TPSA) is 95.9 Å². The molecule has 1 aliphatic rings. The number of hydrogen-bond acceptors (Lipinski definition) is 3. The molecule has 1 amide bonds.